The van der Waals surface area contributed by atoms with Crippen molar-refractivity contribution in [3.63, 3.8) is 0 Å². The van der Waals surface area contributed by atoms with Gasteiger partial charge in [-0.25, -0.2) is 8.42 Å². The molecule has 0 saturated carbocycles. The second-order valence-electron chi connectivity index (χ2n) is 6.73. The standard InChI is InChI=1S/C19H31N3O3S/c1-3-22(4-2)26(24,25)18-8-5-16(6-9-18)7-10-19(23)21-14-12-17-11-13-20-15-17/h5-6,8-9,17,20H,3-4,7,10-15H2,1-2H3,(H,21,23). The first-order chi connectivity index (χ1) is 12.5. The zero-order chi connectivity index (χ0) is 19.0. The van der Waals surface area contributed by atoms with Crippen molar-refractivity contribution in [2.45, 2.75) is 44.4 Å². The van der Waals surface area contributed by atoms with Crippen molar-refractivity contribution >= 4 is 15.9 Å². The fourth-order valence-electron chi connectivity index (χ4n) is 3.26. The van der Waals surface area contributed by atoms with E-state index in [9.17, 15) is 13.2 Å². The van der Waals surface area contributed by atoms with E-state index in [1.807, 2.05) is 13.8 Å². The van der Waals surface area contributed by atoms with Crippen molar-refractivity contribution in [2.24, 2.45) is 5.92 Å². The van der Waals surface area contributed by atoms with Gasteiger partial charge in [-0.05, 0) is 56.0 Å². The third-order valence-corrected chi connectivity index (χ3v) is 7.01. The second-order valence-corrected chi connectivity index (χ2v) is 8.67. The van der Waals surface area contributed by atoms with Gasteiger partial charge in [-0.3, -0.25) is 4.79 Å². The Hall–Kier alpha value is -1.44. The molecule has 1 heterocycles. The third kappa shape index (κ3) is 5.79. The summed E-state index contributed by atoms with van der Waals surface area (Å²) in [5.41, 5.74) is 0.971. The highest BCUT2D eigenvalue weighted by Gasteiger charge is 2.21. The highest BCUT2D eigenvalue weighted by Crippen LogP contribution is 2.17. The van der Waals surface area contributed by atoms with Gasteiger partial charge in [-0.15, -0.1) is 0 Å². The molecule has 1 unspecified atom stereocenters. The van der Waals surface area contributed by atoms with Gasteiger partial charge in [-0.1, -0.05) is 26.0 Å². The SMILES string of the molecule is CCN(CC)S(=O)(=O)c1ccc(CCC(=O)NCCC2CCNC2)cc1. The molecule has 26 heavy (non-hydrogen) atoms. The van der Waals surface area contributed by atoms with Crippen LogP contribution in [0.5, 0.6) is 0 Å². The summed E-state index contributed by atoms with van der Waals surface area (Å²) in [6.07, 6.45) is 3.25. The Balaban J connectivity index is 1.78. The van der Waals surface area contributed by atoms with Gasteiger partial charge in [-0.2, -0.15) is 4.31 Å². The molecule has 1 atom stereocenters. The second kappa shape index (κ2) is 10.0. The summed E-state index contributed by atoms with van der Waals surface area (Å²) in [7, 11) is -3.42. The van der Waals surface area contributed by atoms with Gasteiger partial charge in [0.25, 0.3) is 0 Å². The van der Waals surface area contributed by atoms with E-state index in [1.165, 1.54) is 10.7 Å². The monoisotopic (exact) mass is 381 g/mol. The van der Waals surface area contributed by atoms with E-state index >= 15 is 0 Å². The Labute approximate surface area is 157 Å². The third-order valence-electron chi connectivity index (χ3n) is 4.94. The summed E-state index contributed by atoms with van der Waals surface area (Å²) in [4.78, 5) is 12.3. The molecule has 1 saturated heterocycles. The number of amides is 1. The minimum absolute atomic E-state index is 0.0517. The topological polar surface area (TPSA) is 78.5 Å². The van der Waals surface area contributed by atoms with Crippen molar-refractivity contribution in [2.75, 3.05) is 32.7 Å². The van der Waals surface area contributed by atoms with E-state index in [-0.39, 0.29) is 5.91 Å². The molecule has 7 heteroatoms. The summed E-state index contributed by atoms with van der Waals surface area (Å²) in [6, 6.07) is 6.86. The summed E-state index contributed by atoms with van der Waals surface area (Å²) in [6.45, 7) is 7.44. The van der Waals surface area contributed by atoms with Gasteiger partial charge >= 0.3 is 0 Å². The Bertz CT molecular complexity index is 664. The summed E-state index contributed by atoms with van der Waals surface area (Å²) in [5, 5.41) is 6.30. The maximum atomic E-state index is 12.5. The molecule has 1 aromatic rings. The van der Waals surface area contributed by atoms with Crippen molar-refractivity contribution in [1.29, 1.82) is 0 Å². The molecular formula is C19H31N3O3S. The molecule has 146 valence electrons. The van der Waals surface area contributed by atoms with Gasteiger partial charge in [0, 0.05) is 26.1 Å². The lowest BCUT2D eigenvalue weighted by atomic mass is 10.1. The summed E-state index contributed by atoms with van der Waals surface area (Å²) >= 11 is 0. The predicted octanol–water partition coefficient (Wildman–Crippen LogP) is 1.77. The number of hydrogen-bond donors (Lipinski definition) is 2. The normalized spacial score (nSPS) is 17.6. The molecule has 6 nitrogen and oxygen atoms in total. The van der Waals surface area contributed by atoms with Crippen LogP contribution in [0.25, 0.3) is 0 Å². The number of benzene rings is 1. The number of rotatable bonds is 10. The van der Waals surface area contributed by atoms with Crippen LogP contribution in [-0.4, -0.2) is 51.4 Å². The Morgan fingerprint density at radius 2 is 1.92 bits per heavy atom. The van der Waals surface area contributed by atoms with Crippen LogP contribution in [0.15, 0.2) is 29.2 Å². The molecule has 0 radical (unpaired) electrons. The van der Waals surface area contributed by atoms with Crippen molar-refractivity contribution in [3.8, 4) is 0 Å². The van der Waals surface area contributed by atoms with Gasteiger partial charge in [0.1, 0.15) is 0 Å². The minimum atomic E-state index is -3.42. The minimum Gasteiger partial charge on any atom is -0.356 e. The molecule has 1 amide bonds. The van der Waals surface area contributed by atoms with Crippen LogP contribution in [-0.2, 0) is 21.2 Å². The van der Waals surface area contributed by atoms with Crippen LogP contribution >= 0.6 is 0 Å². The molecule has 1 aliphatic heterocycles. The summed E-state index contributed by atoms with van der Waals surface area (Å²) < 4.78 is 26.4. The number of aryl methyl sites for hydroxylation is 1. The molecular weight excluding hydrogens is 350 g/mol. The zero-order valence-corrected chi connectivity index (χ0v) is 16.6. The first kappa shape index (κ1) is 20.9. The number of carbonyl (C=O) groups excluding carboxylic acids is 1. The lowest BCUT2D eigenvalue weighted by Gasteiger charge is -2.18. The fraction of sp³-hybridized carbons (Fsp3) is 0.632. The molecule has 0 spiro atoms. The van der Waals surface area contributed by atoms with Crippen LogP contribution in [0.1, 0.15) is 38.7 Å². The van der Waals surface area contributed by atoms with E-state index in [2.05, 4.69) is 10.6 Å². The number of sulfonamides is 1. The van der Waals surface area contributed by atoms with Crippen LogP contribution in [0.4, 0.5) is 0 Å². The maximum absolute atomic E-state index is 12.5. The van der Waals surface area contributed by atoms with E-state index in [4.69, 9.17) is 0 Å². The number of hydrogen-bond acceptors (Lipinski definition) is 4. The first-order valence-corrected chi connectivity index (χ1v) is 11.0. The van der Waals surface area contributed by atoms with Gasteiger partial charge in [0.2, 0.25) is 15.9 Å². The highest BCUT2D eigenvalue weighted by atomic mass is 32.2. The Morgan fingerprint density at radius 1 is 1.23 bits per heavy atom. The smallest absolute Gasteiger partial charge is 0.243 e. The van der Waals surface area contributed by atoms with E-state index < -0.39 is 10.0 Å². The first-order valence-electron chi connectivity index (χ1n) is 9.53. The average molecular weight is 382 g/mol. The van der Waals surface area contributed by atoms with E-state index in [0.29, 0.717) is 36.7 Å². The van der Waals surface area contributed by atoms with Crippen molar-refractivity contribution in [1.82, 2.24) is 14.9 Å². The van der Waals surface area contributed by atoms with Crippen LogP contribution in [0.3, 0.4) is 0 Å². The molecule has 1 aromatic carbocycles. The zero-order valence-electron chi connectivity index (χ0n) is 15.8. The van der Waals surface area contributed by atoms with Crippen LogP contribution in [0.2, 0.25) is 0 Å². The van der Waals surface area contributed by atoms with Gasteiger partial charge < -0.3 is 10.6 Å². The molecule has 1 aliphatic rings. The molecule has 2 rings (SSSR count). The molecule has 0 aromatic heterocycles. The van der Waals surface area contributed by atoms with Crippen LogP contribution in [0, 0.1) is 5.92 Å². The van der Waals surface area contributed by atoms with Gasteiger partial charge in [0.15, 0.2) is 0 Å². The molecule has 1 fully saturated rings. The summed E-state index contributed by atoms with van der Waals surface area (Å²) in [5.74, 6) is 0.728. The number of nitrogens with one attached hydrogen (secondary N) is 2. The lowest BCUT2D eigenvalue weighted by molar-refractivity contribution is -0.121. The van der Waals surface area contributed by atoms with Gasteiger partial charge in [0.05, 0.1) is 4.90 Å². The Kier molecular flexibility index (Phi) is 8.06. The van der Waals surface area contributed by atoms with Crippen molar-refractivity contribution in [3.05, 3.63) is 29.8 Å². The molecule has 2 N–H and O–H groups in total. The lowest BCUT2D eigenvalue weighted by Crippen LogP contribution is -2.30. The van der Waals surface area contributed by atoms with Crippen molar-refractivity contribution < 1.29 is 13.2 Å². The molecule has 0 aliphatic carbocycles. The fourth-order valence-corrected chi connectivity index (χ4v) is 4.72. The van der Waals surface area contributed by atoms with Crippen LogP contribution < -0.4 is 10.6 Å². The maximum Gasteiger partial charge on any atom is 0.243 e. The predicted molar refractivity (Wildman–Crippen MR) is 103 cm³/mol. The molecule has 0 bridgehead atoms. The Morgan fingerprint density at radius 3 is 2.50 bits per heavy atom. The number of nitrogens with zero attached hydrogens (tertiary/aromatic N) is 1. The largest absolute Gasteiger partial charge is 0.356 e. The highest BCUT2D eigenvalue weighted by molar-refractivity contribution is 7.89. The van der Waals surface area contributed by atoms with E-state index in [0.717, 1.165) is 31.6 Å². The number of carbonyl (C=O) groups is 1. The quantitative estimate of drug-likeness (QED) is 0.647. The average Bonchev–Trinajstić information content (AvgIpc) is 3.14. The van der Waals surface area contributed by atoms with E-state index in [1.54, 1.807) is 24.3 Å².